The number of likely N-dealkylation sites (tertiary alicyclic amines) is 1. The Morgan fingerprint density at radius 3 is 2.23 bits per heavy atom. The second kappa shape index (κ2) is 8.42. The highest BCUT2D eigenvalue weighted by molar-refractivity contribution is 5.83. The van der Waals surface area contributed by atoms with Crippen molar-refractivity contribution < 1.29 is 30.0 Å². The van der Waals surface area contributed by atoms with Crippen molar-refractivity contribution in [2.75, 3.05) is 13.6 Å². The molecule has 4 N–H and O–H groups in total. The van der Waals surface area contributed by atoms with E-state index in [1.807, 2.05) is 18.5 Å². The van der Waals surface area contributed by atoms with Gasteiger partial charge in [0.2, 0.25) is 0 Å². The molecule has 0 amide bonds. The molecule has 3 atom stereocenters. The number of carbonyl (C=O) groups is 2. The predicted octanol–water partition coefficient (Wildman–Crippen LogP) is -0.274. The number of aromatic nitrogens is 1. The average molecular weight is 312 g/mol. The number of nitrogens with zero attached hydrogens (tertiary/aromatic N) is 2. The Morgan fingerprint density at radius 2 is 1.86 bits per heavy atom. The lowest BCUT2D eigenvalue weighted by Gasteiger charge is -2.18. The summed E-state index contributed by atoms with van der Waals surface area (Å²) < 4.78 is 0. The third-order valence-corrected chi connectivity index (χ3v) is 3.39. The minimum absolute atomic E-state index is 0.610. The molecule has 1 aromatic heterocycles. The second-order valence-electron chi connectivity index (χ2n) is 4.99. The zero-order valence-corrected chi connectivity index (χ0v) is 12.2. The van der Waals surface area contributed by atoms with Gasteiger partial charge in [-0.05, 0) is 38.1 Å². The van der Waals surface area contributed by atoms with Gasteiger partial charge in [0.05, 0.1) is 0 Å². The molecule has 22 heavy (non-hydrogen) atoms. The Bertz CT molecular complexity index is 477. The van der Waals surface area contributed by atoms with Crippen molar-refractivity contribution in [1.29, 1.82) is 0 Å². The summed E-state index contributed by atoms with van der Waals surface area (Å²) in [6.07, 6.45) is 1.87. The van der Waals surface area contributed by atoms with Crippen molar-refractivity contribution in [3.05, 3.63) is 30.1 Å². The van der Waals surface area contributed by atoms with E-state index in [0.29, 0.717) is 6.04 Å². The summed E-state index contributed by atoms with van der Waals surface area (Å²) in [5.74, 6) is -3.54. The first-order valence-electron chi connectivity index (χ1n) is 6.76. The van der Waals surface area contributed by atoms with E-state index in [-0.39, 0.29) is 0 Å². The predicted molar refractivity (Wildman–Crippen MR) is 76.1 cm³/mol. The number of pyridine rings is 1. The Kier molecular flexibility index (Phi) is 6.90. The van der Waals surface area contributed by atoms with Crippen LogP contribution < -0.4 is 0 Å². The van der Waals surface area contributed by atoms with Crippen LogP contribution in [0.15, 0.2) is 24.5 Å². The number of carboxylic acid groups (broad SMARTS) is 2. The fraction of sp³-hybridized carbons (Fsp3) is 0.500. The molecule has 1 fully saturated rings. The van der Waals surface area contributed by atoms with E-state index < -0.39 is 24.1 Å². The lowest BCUT2D eigenvalue weighted by molar-refractivity contribution is -0.165. The molecule has 2 heterocycles. The summed E-state index contributed by atoms with van der Waals surface area (Å²) in [6.45, 7) is 1.22. The molecular weight excluding hydrogens is 292 g/mol. The topological polar surface area (TPSA) is 131 Å². The molecular formula is C14H20N2O6. The second-order valence-corrected chi connectivity index (χ2v) is 4.99. The minimum atomic E-state index is -2.27. The first-order valence-corrected chi connectivity index (χ1v) is 6.76. The van der Waals surface area contributed by atoms with Gasteiger partial charge >= 0.3 is 11.9 Å². The molecule has 0 unspecified atom stereocenters. The van der Waals surface area contributed by atoms with Gasteiger partial charge in [-0.25, -0.2) is 9.59 Å². The monoisotopic (exact) mass is 312 g/mol. The first-order chi connectivity index (χ1) is 10.3. The fourth-order valence-electron chi connectivity index (χ4n) is 2.17. The van der Waals surface area contributed by atoms with Crippen LogP contribution in [-0.2, 0) is 9.59 Å². The molecule has 8 heteroatoms. The standard InChI is InChI=1S/C10H14N2.C4H6O6/c1-12-7-3-5-10(12)9-4-2-6-11-8-9;5-1(3(7)8)2(6)4(9)10/h2,4,6,8,10H,3,5,7H2,1H3;1-2,5-6H,(H,7,8)(H,9,10)/t10-;1-,2+/m0./s1. The Morgan fingerprint density at radius 1 is 1.27 bits per heavy atom. The molecule has 0 radical (unpaired) electrons. The quantitative estimate of drug-likeness (QED) is 0.597. The molecule has 1 saturated heterocycles. The van der Waals surface area contributed by atoms with Crippen LogP contribution in [0, 0.1) is 0 Å². The van der Waals surface area contributed by atoms with E-state index in [2.05, 4.69) is 23.0 Å². The van der Waals surface area contributed by atoms with Crippen molar-refractivity contribution in [3.63, 3.8) is 0 Å². The number of hydrogen-bond acceptors (Lipinski definition) is 6. The Hall–Kier alpha value is -2.03. The maximum atomic E-state index is 9.77. The molecule has 122 valence electrons. The largest absolute Gasteiger partial charge is 0.479 e. The van der Waals surface area contributed by atoms with Crippen LogP contribution in [0.1, 0.15) is 24.4 Å². The van der Waals surface area contributed by atoms with E-state index in [1.54, 1.807) is 0 Å². The summed E-state index contributed by atoms with van der Waals surface area (Å²) in [5.41, 5.74) is 1.36. The van der Waals surface area contributed by atoms with Gasteiger partial charge in [-0.3, -0.25) is 9.88 Å². The van der Waals surface area contributed by atoms with Crippen LogP contribution in [0.4, 0.5) is 0 Å². The highest BCUT2D eigenvalue weighted by atomic mass is 16.4. The summed E-state index contributed by atoms with van der Waals surface area (Å²) >= 11 is 0. The van der Waals surface area contributed by atoms with Crippen molar-refractivity contribution in [2.45, 2.75) is 31.1 Å². The van der Waals surface area contributed by atoms with Gasteiger partial charge in [0.15, 0.2) is 12.2 Å². The van der Waals surface area contributed by atoms with Crippen LogP contribution in [0.3, 0.4) is 0 Å². The van der Waals surface area contributed by atoms with Gasteiger partial charge in [0.1, 0.15) is 0 Å². The number of rotatable bonds is 4. The SMILES string of the molecule is CN1CCC[C@H]1c1cccnc1.O=C(O)[C@@H](O)[C@@H](O)C(=O)O. The van der Waals surface area contributed by atoms with Crippen molar-refractivity contribution in [2.24, 2.45) is 0 Å². The number of carboxylic acids is 2. The number of hydrogen-bond donors (Lipinski definition) is 4. The van der Waals surface area contributed by atoms with Crippen molar-refractivity contribution >= 4 is 11.9 Å². The van der Waals surface area contributed by atoms with Crippen LogP contribution in [0.25, 0.3) is 0 Å². The zero-order valence-electron chi connectivity index (χ0n) is 12.2. The minimum Gasteiger partial charge on any atom is -0.479 e. The number of aliphatic hydroxyl groups is 2. The molecule has 8 nitrogen and oxygen atoms in total. The third-order valence-electron chi connectivity index (χ3n) is 3.39. The van der Waals surface area contributed by atoms with E-state index in [4.69, 9.17) is 20.4 Å². The summed E-state index contributed by atoms with van der Waals surface area (Å²) in [7, 11) is 2.19. The number of aliphatic carboxylic acids is 2. The summed E-state index contributed by atoms with van der Waals surface area (Å²) in [6, 6.07) is 4.79. The number of aliphatic hydroxyl groups excluding tert-OH is 2. The van der Waals surface area contributed by atoms with Crippen LogP contribution in [0.2, 0.25) is 0 Å². The molecule has 0 aliphatic carbocycles. The summed E-state index contributed by atoms with van der Waals surface area (Å²) in [4.78, 5) is 26.1. The van der Waals surface area contributed by atoms with Crippen LogP contribution in [-0.4, -0.2) is 68.0 Å². The van der Waals surface area contributed by atoms with Gasteiger partial charge in [-0.1, -0.05) is 6.07 Å². The van der Waals surface area contributed by atoms with Gasteiger partial charge < -0.3 is 20.4 Å². The molecule has 0 spiro atoms. The highest BCUT2D eigenvalue weighted by Crippen LogP contribution is 2.29. The van der Waals surface area contributed by atoms with Gasteiger partial charge in [0, 0.05) is 18.4 Å². The van der Waals surface area contributed by atoms with Gasteiger partial charge in [-0.2, -0.15) is 0 Å². The maximum Gasteiger partial charge on any atom is 0.335 e. The van der Waals surface area contributed by atoms with Gasteiger partial charge in [0.25, 0.3) is 0 Å². The normalized spacial score (nSPS) is 20.6. The van der Waals surface area contributed by atoms with E-state index in [0.717, 1.165) is 0 Å². The lowest BCUT2D eigenvalue weighted by Crippen LogP contribution is -2.39. The smallest absolute Gasteiger partial charge is 0.335 e. The van der Waals surface area contributed by atoms with E-state index in [1.165, 1.54) is 24.9 Å². The maximum absolute atomic E-state index is 9.77. The zero-order chi connectivity index (χ0) is 16.7. The molecule has 1 aliphatic heterocycles. The van der Waals surface area contributed by atoms with E-state index >= 15 is 0 Å². The Balaban J connectivity index is 0.000000225. The highest BCUT2D eigenvalue weighted by Gasteiger charge is 2.29. The molecule has 1 aliphatic rings. The van der Waals surface area contributed by atoms with Crippen molar-refractivity contribution in [3.8, 4) is 0 Å². The third kappa shape index (κ3) is 5.06. The molecule has 0 bridgehead atoms. The first kappa shape index (κ1) is 18.0. The van der Waals surface area contributed by atoms with Crippen molar-refractivity contribution in [1.82, 2.24) is 9.88 Å². The van der Waals surface area contributed by atoms with Crippen LogP contribution in [0.5, 0.6) is 0 Å². The van der Waals surface area contributed by atoms with Crippen LogP contribution >= 0.6 is 0 Å². The molecule has 0 aromatic carbocycles. The average Bonchev–Trinajstić information content (AvgIpc) is 2.93. The Labute approximate surface area is 127 Å². The summed E-state index contributed by atoms with van der Waals surface area (Å²) in [5, 5.41) is 32.5. The van der Waals surface area contributed by atoms with E-state index in [9.17, 15) is 9.59 Å². The molecule has 1 aromatic rings. The lowest BCUT2D eigenvalue weighted by atomic mass is 10.1. The molecule has 2 rings (SSSR count). The fourth-order valence-corrected chi connectivity index (χ4v) is 2.17. The van der Waals surface area contributed by atoms with Gasteiger partial charge in [-0.15, -0.1) is 0 Å². The molecule has 0 saturated carbocycles.